The molecule has 8 heteroatoms. The molecule has 1 aromatic rings. The van der Waals surface area contributed by atoms with Gasteiger partial charge in [-0.1, -0.05) is 13.8 Å². The molecule has 1 aromatic heterocycles. The number of carbonyl (C=O) groups excluding carboxylic acids is 1. The SMILES string of the molecule is CC(C)CNC(=O)CCNS(=O)(=O)c1cnccc1N. The highest BCUT2D eigenvalue weighted by atomic mass is 32.2. The molecule has 0 radical (unpaired) electrons. The highest BCUT2D eigenvalue weighted by Gasteiger charge is 2.17. The molecular formula is C12H20N4O3S. The number of amides is 1. The molecular weight excluding hydrogens is 280 g/mol. The topological polar surface area (TPSA) is 114 Å². The van der Waals surface area contributed by atoms with Gasteiger partial charge in [0, 0.05) is 31.9 Å². The number of rotatable bonds is 7. The first-order valence-electron chi connectivity index (χ1n) is 6.29. The Hall–Kier alpha value is -1.67. The number of hydrogen-bond acceptors (Lipinski definition) is 5. The van der Waals surface area contributed by atoms with E-state index in [1.54, 1.807) is 0 Å². The first kappa shape index (κ1) is 16.4. The predicted molar refractivity (Wildman–Crippen MR) is 76.3 cm³/mol. The minimum Gasteiger partial charge on any atom is -0.398 e. The van der Waals surface area contributed by atoms with Gasteiger partial charge in [-0.25, -0.2) is 13.1 Å². The fourth-order valence-corrected chi connectivity index (χ4v) is 2.50. The Balaban J connectivity index is 2.49. The fraction of sp³-hybridized carbons (Fsp3) is 0.500. The van der Waals surface area contributed by atoms with E-state index in [1.807, 2.05) is 13.8 Å². The summed E-state index contributed by atoms with van der Waals surface area (Å²) in [5, 5.41) is 2.71. The number of carbonyl (C=O) groups is 1. The Morgan fingerprint density at radius 1 is 1.45 bits per heavy atom. The third-order valence-electron chi connectivity index (χ3n) is 2.46. The number of nitrogens with two attached hydrogens (primary N) is 1. The number of anilines is 1. The van der Waals surface area contributed by atoms with Crippen molar-refractivity contribution < 1.29 is 13.2 Å². The first-order chi connectivity index (χ1) is 9.33. The van der Waals surface area contributed by atoms with E-state index in [2.05, 4.69) is 15.0 Å². The summed E-state index contributed by atoms with van der Waals surface area (Å²) in [7, 11) is -3.74. The Kier molecular flexibility index (Phi) is 5.90. The van der Waals surface area contributed by atoms with Crippen LogP contribution in [0.5, 0.6) is 0 Å². The third-order valence-corrected chi connectivity index (χ3v) is 3.96. The number of pyridine rings is 1. The van der Waals surface area contributed by atoms with Gasteiger partial charge in [-0.05, 0) is 12.0 Å². The second kappa shape index (κ2) is 7.20. The van der Waals surface area contributed by atoms with Crippen LogP contribution in [0.15, 0.2) is 23.4 Å². The summed E-state index contributed by atoms with van der Waals surface area (Å²) >= 11 is 0. The summed E-state index contributed by atoms with van der Waals surface area (Å²) in [6.45, 7) is 4.55. The van der Waals surface area contributed by atoms with Gasteiger partial charge in [0.2, 0.25) is 15.9 Å². The van der Waals surface area contributed by atoms with Crippen LogP contribution in [-0.4, -0.2) is 32.4 Å². The molecule has 0 aliphatic carbocycles. The standard InChI is InChI=1S/C12H20N4O3S/c1-9(2)7-15-12(17)4-6-16-20(18,19)11-8-14-5-3-10(11)13/h3,5,8-9,16H,4,6-7H2,1-2H3,(H2,13,14)(H,15,17). The highest BCUT2D eigenvalue weighted by molar-refractivity contribution is 7.89. The van der Waals surface area contributed by atoms with Gasteiger partial charge in [0.25, 0.3) is 0 Å². The number of nitrogen functional groups attached to an aromatic ring is 1. The molecule has 112 valence electrons. The molecule has 1 heterocycles. The number of aromatic nitrogens is 1. The Morgan fingerprint density at radius 3 is 2.75 bits per heavy atom. The van der Waals surface area contributed by atoms with Crippen LogP contribution in [0, 0.1) is 5.92 Å². The zero-order chi connectivity index (χ0) is 15.2. The summed E-state index contributed by atoms with van der Waals surface area (Å²) in [5.74, 6) is 0.159. The number of nitrogens with zero attached hydrogens (tertiary/aromatic N) is 1. The molecule has 0 atom stereocenters. The van der Waals surface area contributed by atoms with Crippen LogP contribution in [0.2, 0.25) is 0 Å². The van der Waals surface area contributed by atoms with Crippen molar-refractivity contribution in [1.29, 1.82) is 0 Å². The molecule has 20 heavy (non-hydrogen) atoms. The molecule has 4 N–H and O–H groups in total. The lowest BCUT2D eigenvalue weighted by Gasteiger charge is -2.09. The van der Waals surface area contributed by atoms with Crippen LogP contribution in [-0.2, 0) is 14.8 Å². The quantitative estimate of drug-likeness (QED) is 0.661. The van der Waals surface area contributed by atoms with Gasteiger partial charge in [-0.15, -0.1) is 0 Å². The zero-order valence-corrected chi connectivity index (χ0v) is 12.4. The van der Waals surface area contributed by atoms with Crippen LogP contribution in [0.3, 0.4) is 0 Å². The Bertz CT molecular complexity index is 558. The van der Waals surface area contributed by atoms with Gasteiger partial charge in [0.1, 0.15) is 4.90 Å². The Labute approximate surface area is 119 Å². The molecule has 0 aromatic carbocycles. The predicted octanol–water partition coefficient (Wildman–Crippen LogP) is 0.104. The maximum atomic E-state index is 11.9. The summed E-state index contributed by atoms with van der Waals surface area (Å²) in [5.41, 5.74) is 5.70. The molecule has 0 saturated carbocycles. The largest absolute Gasteiger partial charge is 0.398 e. The summed E-state index contributed by atoms with van der Waals surface area (Å²) in [6.07, 6.45) is 2.66. The van der Waals surface area contributed by atoms with Crippen LogP contribution < -0.4 is 15.8 Å². The highest BCUT2D eigenvalue weighted by Crippen LogP contribution is 2.14. The molecule has 7 nitrogen and oxygen atoms in total. The van der Waals surface area contributed by atoms with Crippen molar-refractivity contribution >= 4 is 21.6 Å². The lowest BCUT2D eigenvalue weighted by atomic mass is 10.2. The van der Waals surface area contributed by atoms with Gasteiger partial charge in [0.15, 0.2) is 0 Å². The van der Waals surface area contributed by atoms with Crippen molar-refractivity contribution in [2.45, 2.75) is 25.2 Å². The normalized spacial score (nSPS) is 11.6. The van der Waals surface area contributed by atoms with Crippen molar-refractivity contribution in [2.75, 3.05) is 18.8 Å². The smallest absolute Gasteiger partial charge is 0.244 e. The average Bonchev–Trinajstić information content (AvgIpc) is 2.36. The average molecular weight is 300 g/mol. The van der Waals surface area contributed by atoms with Gasteiger partial charge in [-0.3, -0.25) is 9.78 Å². The summed E-state index contributed by atoms with van der Waals surface area (Å²) in [6, 6.07) is 1.41. The van der Waals surface area contributed by atoms with Gasteiger partial charge < -0.3 is 11.1 Å². The van der Waals surface area contributed by atoms with Crippen molar-refractivity contribution in [3.8, 4) is 0 Å². The van der Waals surface area contributed by atoms with Crippen LogP contribution in [0.4, 0.5) is 5.69 Å². The minimum atomic E-state index is -3.74. The van der Waals surface area contributed by atoms with Gasteiger partial charge in [-0.2, -0.15) is 0 Å². The molecule has 0 spiro atoms. The monoisotopic (exact) mass is 300 g/mol. The molecule has 0 aliphatic heterocycles. The Morgan fingerprint density at radius 2 is 2.15 bits per heavy atom. The van der Waals surface area contributed by atoms with E-state index in [0.717, 1.165) is 0 Å². The minimum absolute atomic E-state index is 0.0145. The van der Waals surface area contributed by atoms with Crippen LogP contribution >= 0.6 is 0 Å². The van der Waals surface area contributed by atoms with E-state index in [-0.39, 0.29) is 29.5 Å². The molecule has 0 bridgehead atoms. The maximum Gasteiger partial charge on any atom is 0.244 e. The van der Waals surface area contributed by atoms with E-state index >= 15 is 0 Å². The number of sulfonamides is 1. The molecule has 0 aliphatic rings. The zero-order valence-electron chi connectivity index (χ0n) is 11.6. The van der Waals surface area contributed by atoms with Crippen molar-refractivity contribution in [1.82, 2.24) is 15.0 Å². The third kappa shape index (κ3) is 5.14. The lowest BCUT2D eigenvalue weighted by molar-refractivity contribution is -0.121. The van der Waals surface area contributed by atoms with E-state index in [4.69, 9.17) is 5.73 Å². The first-order valence-corrected chi connectivity index (χ1v) is 7.77. The van der Waals surface area contributed by atoms with E-state index < -0.39 is 10.0 Å². The second-order valence-electron chi connectivity index (χ2n) is 4.76. The van der Waals surface area contributed by atoms with Crippen LogP contribution in [0.1, 0.15) is 20.3 Å². The maximum absolute atomic E-state index is 11.9. The summed E-state index contributed by atoms with van der Waals surface area (Å²) < 4.78 is 26.2. The van der Waals surface area contributed by atoms with Crippen molar-refractivity contribution in [3.05, 3.63) is 18.5 Å². The second-order valence-corrected chi connectivity index (χ2v) is 6.49. The molecule has 1 amide bonds. The summed E-state index contributed by atoms with van der Waals surface area (Å²) in [4.78, 5) is 15.1. The lowest BCUT2D eigenvalue weighted by Crippen LogP contribution is -2.32. The van der Waals surface area contributed by atoms with Crippen molar-refractivity contribution in [2.24, 2.45) is 5.92 Å². The number of nitrogens with one attached hydrogen (secondary N) is 2. The fourth-order valence-electron chi connectivity index (χ4n) is 1.40. The van der Waals surface area contributed by atoms with Gasteiger partial charge in [0.05, 0.1) is 5.69 Å². The molecule has 0 fully saturated rings. The molecule has 0 saturated heterocycles. The van der Waals surface area contributed by atoms with E-state index in [0.29, 0.717) is 12.5 Å². The van der Waals surface area contributed by atoms with Crippen LogP contribution in [0.25, 0.3) is 0 Å². The molecule has 0 unspecified atom stereocenters. The number of hydrogen-bond donors (Lipinski definition) is 3. The van der Waals surface area contributed by atoms with E-state index in [1.165, 1.54) is 18.5 Å². The van der Waals surface area contributed by atoms with E-state index in [9.17, 15) is 13.2 Å². The van der Waals surface area contributed by atoms with Crippen molar-refractivity contribution in [3.63, 3.8) is 0 Å². The van der Waals surface area contributed by atoms with Gasteiger partial charge >= 0.3 is 0 Å². The molecule has 1 rings (SSSR count).